The third-order valence-electron chi connectivity index (χ3n) is 6.03. The number of ether oxygens (including phenoxy) is 1. The number of rotatable bonds is 8. The molecule has 0 saturated carbocycles. The van der Waals surface area contributed by atoms with Gasteiger partial charge in [0.1, 0.15) is 0 Å². The fourth-order valence-corrected chi connectivity index (χ4v) is 6.27. The van der Waals surface area contributed by atoms with Gasteiger partial charge in [-0.15, -0.1) is 22.7 Å². The van der Waals surface area contributed by atoms with Gasteiger partial charge in [-0.2, -0.15) is 0 Å². The second-order valence-corrected chi connectivity index (χ2v) is 12.1. The van der Waals surface area contributed by atoms with Gasteiger partial charge < -0.3 is 9.15 Å². The topological polar surface area (TPSA) is 61.4 Å². The van der Waals surface area contributed by atoms with E-state index < -0.39 is 5.41 Å². The van der Waals surface area contributed by atoms with E-state index in [9.17, 15) is 9.59 Å². The Bertz CT molecular complexity index is 1180. The van der Waals surface area contributed by atoms with E-state index in [0.29, 0.717) is 18.7 Å². The molecular weight excluding hydrogens is 490 g/mol. The average Bonchev–Trinajstić information content (AvgIpc) is 3.34. The molecule has 0 aliphatic rings. The fourth-order valence-electron chi connectivity index (χ4n) is 4.42. The van der Waals surface area contributed by atoms with Crippen LogP contribution >= 0.6 is 22.7 Å². The number of hydrogen-bond donors (Lipinski definition) is 0. The van der Waals surface area contributed by atoms with Crippen LogP contribution in [0.2, 0.25) is 0 Å². The minimum Gasteiger partial charge on any atom is -0.469 e. The number of aryl methyl sites for hydroxylation is 4. The number of carbonyl (C=O) groups excluding carboxylic acids is 1. The van der Waals surface area contributed by atoms with E-state index in [1.165, 1.54) is 16.9 Å². The zero-order valence-electron chi connectivity index (χ0n) is 20.3. The Hall–Kier alpha value is -2.12. The molecular formula is C29H49NO4S2. The first-order valence-electron chi connectivity index (χ1n) is 10.9. The van der Waals surface area contributed by atoms with Crippen LogP contribution in [0.1, 0.15) is 82.8 Å². The van der Waals surface area contributed by atoms with Crippen molar-refractivity contribution in [2.45, 2.75) is 97.6 Å². The van der Waals surface area contributed by atoms with Gasteiger partial charge in [-0.25, -0.2) is 4.79 Å². The second-order valence-electron chi connectivity index (χ2n) is 9.16. The molecule has 0 aliphatic heterocycles. The highest BCUT2D eigenvalue weighted by Gasteiger charge is 2.33. The summed E-state index contributed by atoms with van der Waals surface area (Å²) in [6.07, 6.45) is 1.46. The Kier molecular flexibility index (Phi) is 14.0. The molecule has 1 atom stereocenters. The molecule has 36 heavy (non-hydrogen) atoms. The summed E-state index contributed by atoms with van der Waals surface area (Å²) in [4.78, 5) is 30.1. The van der Waals surface area contributed by atoms with Crippen molar-refractivity contribution in [3.63, 3.8) is 0 Å². The average molecular weight is 540 g/mol. The number of esters is 1. The molecule has 0 amide bonds. The van der Waals surface area contributed by atoms with E-state index in [1.807, 2.05) is 13.8 Å². The number of methoxy groups -OCH3 is 1. The highest BCUT2D eigenvalue weighted by atomic mass is 32.1. The lowest BCUT2D eigenvalue weighted by Gasteiger charge is -2.27. The summed E-state index contributed by atoms with van der Waals surface area (Å²) in [5, 5.41) is 0. The van der Waals surface area contributed by atoms with Crippen molar-refractivity contribution in [1.29, 1.82) is 0 Å². The molecule has 0 saturated heterocycles. The van der Waals surface area contributed by atoms with Crippen molar-refractivity contribution in [2.75, 3.05) is 7.11 Å². The number of hydrogen-bond acceptors (Lipinski definition) is 6. The van der Waals surface area contributed by atoms with E-state index in [4.69, 9.17) is 9.15 Å². The molecule has 3 rings (SSSR count). The molecule has 3 aromatic heterocycles. The van der Waals surface area contributed by atoms with Gasteiger partial charge in [0.25, 0.3) is 0 Å². The van der Waals surface area contributed by atoms with Crippen LogP contribution in [0.5, 0.6) is 0 Å². The number of nitrogens with zero attached hydrogens (tertiary/aromatic N) is 1. The maximum Gasteiger partial charge on any atom is 0.420 e. The van der Waals surface area contributed by atoms with Crippen molar-refractivity contribution in [3.05, 3.63) is 42.2 Å². The van der Waals surface area contributed by atoms with Crippen LogP contribution in [0.4, 0.5) is 0 Å². The Labute approximate surface area is 227 Å². The van der Waals surface area contributed by atoms with Crippen LogP contribution in [-0.2, 0) is 16.1 Å². The molecule has 0 aromatic carbocycles. The van der Waals surface area contributed by atoms with Gasteiger partial charge in [0, 0.05) is 37.2 Å². The van der Waals surface area contributed by atoms with Gasteiger partial charge in [-0.05, 0) is 66.0 Å². The van der Waals surface area contributed by atoms with Crippen LogP contribution in [0.3, 0.4) is 0 Å². The summed E-state index contributed by atoms with van der Waals surface area (Å²) < 4.78 is 12.7. The van der Waals surface area contributed by atoms with Gasteiger partial charge in [-0.3, -0.25) is 9.36 Å². The quantitative estimate of drug-likeness (QED) is 0.268. The largest absolute Gasteiger partial charge is 0.469 e. The minimum atomic E-state index is -0.623. The molecule has 0 spiro atoms. The molecule has 0 N–H and O–H groups in total. The number of aromatic nitrogens is 1. The van der Waals surface area contributed by atoms with Crippen molar-refractivity contribution < 1.29 is 13.9 Å². The lowest BCUT2D eigenvalue weighted by Crippen LogP contribution is -2.31. The highest BCUT2D eigenvalue weighted by molar-refractivity contribution is 7.12. The van der Waals surface area contributed by atoms with Crippen molar-refractivity contribution >= 4 is 28.6 Å². The van der Waals surface area contributed by atoms with Crippen LogP contribution in [0, 0.1) is 39.0 Å². The summed E-state index contributed by atoms with van der Waals surface area (Å²) in [7, 11) is 1.42. The molecule has 3 aromatic rings. The second kappa shape index (κ2) is 14.0. The van der Waals surface area contributed by atoms with Crippen LogP contribution < -0.4 is 5.76 Å². The van der Waals surface area contributed by atoms with E-state index in [0.717, 1.165) is 33.0 Å². The minimum absolute atomic E-state index is 0. The molecule has 206 valence electrons. The summed E-state index contributed by atoms with van der Waals surface area (Å²) in [5.41, 5.74) is 2.23. The van der Waals surface area contributed by atoms with Crippen LogP contribution in [-0.4, -0.2) is 17.6 Å². The Morgan fingerprint density at radius 2 is 1.50 bits per heavy atom. The van der Waals surface area contributed by atoms with Gasteiger partial charge >= 0.3 is 11.7 Å². The molecule has 0 radical (unpaired) electrons. The van der Waals surface area contributed by atoms with Gasteiger partial charge in [0.2, 0.25) is 0 Å². The number of oxazole rings is 1. The molecule has 1 unspecified atom stereocenters. The van der Waals surface area contributed by atoms with E-state index >= 15 is 0 Å². The summed E-state index contributed by atoms with van der Waals surface area (Å²) in [5.74, 6) is 0.178. The highest BCUT2D eigenvalue weighted by Crippen LogP contribution is 2.41. The lowest BCUT2D eigenvalue weighted by molar-refractivity contribution is -0.151. The maximum atomic E-state index is 13.2. The first-order chi connectivity index (χ1) is 15.0. The first kappa shape index (κ1) is 36.0. The van der Waals surface area contributed by atoms with Crippen molar-refractivity contribution in [2.24, 2.45) is 11.3 Å². The summed E-state index contributed by atoms with van der Waals surface area (Å²) in [6, 6.07) is 4.23. The van der Waals surface area contributed by atoms with Crippen molar-refractivity contribution in [3.8, 4) is 22.6 Å². The van der Waals surface area contributed by atoms with Gasteiger partial charge in [0.05, 0.1) is 18.2 Å². The van der Waals surface area contributed by atoms with Crippen LogP contribution in [0.15, 0.2) is 21.3 Å². The summed E-state index contributed by atoms with van der Waals surface area (Å²) in [6.45, 7) is 14.7. The third kappa shape index (κ3) is 7.22. The smallest absolute Gasteiger partial charge is 0.420 e. The summed E-state index contributed by atoms with van der Waals surface area (Å²) >= 11 is 3.43. The van der Waals surface area contributed by atoms with E-state index in [-0.39, 0.29) is 47.3 Å². The molecule has 5 nitrogen and oxygen atoms in total. The fraction of sp³-hybridized carbons (Fsp3) is 0.586. The van der Waals surface area contributed by atoms with Crippen molar-refractivity contribution in [1.82, 2.24) is 4.57 Å². The van der Waals surface area contributed by atoms with Gasteiger partial charge in [-0.1, -0.05) is 43.1 Å². The van der Waals surface area contributed by atoms with E-state index in [1.54, 1.807) is 27.2 Å². The lowest BCUT2D eigenvalue weighted by atomic mass is 9.81. The SMILES string of the molecule is C.C.C.C.CCC(Cn1c(-c2cc(C)sc2C)c(-c2cc(C)sc2C)oc1=O)CC(C)(C)C(=O)OC. The number of thiophene rings is 2. The maximum absolute atomic E-state index is 13.2. The molecule has 0 fully saturated rings. The molecule has 0 bridgehead atoms. The first-order valence-corrected chi connectivity index (χ1v) is 12.6. The Morgan fingerprint density at radius 3 is 1.92 bits per heavy atom. The molecule has 7 heteroatoms. The van der Waals surface area contributed by atoms with Crippen LogP contribution in [0.25, 0.3) is 22.6 Å². The molecule has 3 heterocycles. The zero-order valence-corrected chi connectivity index (χ0v) is 21.9. The predicted molar refractivity (Wildman–Crippen MR) is 160 cm³/mol. The molecule has 0 aliphatic carbocycles. The third-order valence-corrected chi connectivity index (χ3v) is 7.96. The monoisotopic (exact) mass is 539 g/mol. The zero-order chi connectivity index (χ0) is 23.8. The van der Waals surface area contributed by atoms with Gasteiger partial charge in [0.15, 0.2) is 5.76 Å². The number of carbonyl (C=O) groups is 1. The predicted octanol–water partition coefficient (Wildman–Crippen LogP) is 9.29. The van der Waals surface area contributed by atoms with E-state index in [2.05, 4.69) is 46.8 Å². The Morgan fingerprint density at radius 1 is 1.00 bits per heavy atom. The Balaban J connectivity index is 0. The standard InChI is InChI=1S/C25H33NO4S2.4CH4/c1-9-18(12-25(6,7)23(27)29-8)13-26-21(19-10-14(2)31-16(19)4)22(30-24(26)28)20-11-15(3)32-17(20)5;;;;/h10-11,18H,9,12-13H2,1-8H3;4*1H4. The normalized spacial score (nSPS) is 11.4.